The van der Waals surface area contributed by atoms with E-state index in [1.165, 1.54) is 123 Å². The first kappa shape index (κ1) is 35.9. The minimum absolute atomic E-state index is 0.0595. The number of nitrogens with zero attached hydrogens (tertiary/aromatic N) is 2. The van der Waals surface area contributed by atoms with Gasteiger partial charge in [0.05, 0.1) is 11.7 Å². The Balaban J connectivity index is 1.09. The molecule has 0 N–H and O–H groups in total. The first-order chi connectivity index (χ1) is 25.5. The smallest absolute Gasteiger partial charge is 0.113 e. The van der Waals surface area contributed by atoms with Crippen molar-refractivity contribution in [3.05, 3.63) is 118 Å². The van der Waals surface area contributed by atoms with E-state index in [0.717, 1.165) is 34.5 Å². The van der Waals surface area contributed by atoms with Gasteiger partial charge in [-0.05, 0) is 116 Å². The van der Waals surface area contributed by atoms with Crippen LogP contribution in [0.1, 0.15) is 127 Å². The first-order valence-electron chi connectivity index (χ1n) is 20.3. The lowest BCUT2D eigenvalue weighted by Gasteiger charge is -2.23. The van der Waals surface area contributed by atoms with Crippen molar-refractivity contribution in [3.8, 4) is 44.5 Å². The van der Waals surface area contributed by atoms with Crippen molar-refractivity contribution in [2.45, 2.75) is 118 Å². The Morgan fingerprint density at radius 1 is 0.528 bits per heavy atom. The molecule has 0 amide bonds. The van der Waals surface area contributed by atoms with Crippen molar-refractivity contribution in [3.63, 3.8) is 0 Å². The zero-order valence-electron chi connectivity index (χ0n) is 33.2. The van der Waals surface area contributed by atoms with Crippen LogP contribution in [0.3, 0.4) is 0 Å². The van der Waals surface area contributed by atoms with Gasteiger partial charge in [0.15, 0.2) is 0 Å². The first-order valence-corrected chi connectivity index (χ1v) is 21.1. The molecule has 1 unspecified atom stereocenters. The van der Waals surface area contributed by atoms with Crippen LogP contribution < -0.4 is 0 Å². The summed E-state index contributed by atoms with van der Waals surface area (Å²) in [4.78, 5) is 0. The maximum absolute atomic E-state index is 4.93. The van der Waals surface area contributed by atoms with Crippen molar-refractivity contribution in [2.24, 2.45) is 11.8 Å². The Hall–Kier alpha value is -4.08. The molecular formula is C50H56N2S. The second kappa shape index (κ2) is 14.0. The van der Waals surface area contributed by atoms with Crippen molar-refractivity contribution < 1.29 is 0 Å². The molecule has 0 aliphatic heterocycles. The van der Waals surface area contributed by atoms with Crippen molar-refractivity contribution >= 4 is 22.8 Å². The zero-order valence-corrected chi connectivity index (χ0v) is 34.0. The fourth-order valence-corrected chi connectivity index (χ4v) is 9.99. The van der Waals surface area contributed by atoms with Gasteiger partial charge in [0.1, 0.15) is 11.0 Å². The van der Waals surface area contributed by atoms with Crippen LogP contribution in [-0.2, 0) is 23.7 Å². The van der Waals surface area contributed by atoms with Gasteiger partial charge in [0.2, 0.25) is 0 Å². The van der Waals surface area contributed by atoms with Gasteiger partial charge in [-0.25, -0.2) is 0 Å². The number of rotatable bonds is 12. The zero-order chi connectivity index (χ0) is 37.1. The molecule has 0 saturated heterocycles. The van der Waals surface area contributed by atoms with Crippen LogP contribution in [0.15, 0.2) is 84.9 Å². The van der Waals surface area contributed by atoms with Crippen molar-refractivity contribution in [2.75, 3.05) is 0 Å². The van der Waals surface area contributed by atoms with Gasteiger partial charge < -0.3 is 0 Å². The van der Waals surface area contributed by atoms with E-state index in [4.69, 9.17) is 8.75 Å². The second-order valence-electron chi connectivity index (χ2n) is 17.5. The predicted molar refractivity (Wildman–Crippen MR) is 228 cm³/mol. The molecule has 272 valence electrons. The van der Waals surface area contributed by atoms with Gasteiger partial charge in [-0.15, -0.1) is 0 Å². The highest BCUT2D eigenvalue weighted by Gasteiger charge is 2.37. The molecule has 2 aliphatic rings. The van der Waals surface area contributed by atoms with Crippen LogP contribution in [0.4, 0.5) is 0 Å². The van der Waals surface area contributed by atoms with E-state index in [0.29, 0.717) is 5.92 Å². The molecule has 0 bridgehead atoms. The molecule has 1 atom stereocenters. The number of aromatic nitrogens is 2. The van der Waals surface area contributed by atoms with Gasteiger partial charge in [0, 0.05) is 22.0 Å². The maximum atomic E-state index is 4.93. The summed E-state index contributed by atoms with van der Waals surface area (Å²) in [6.45, 7) is 18.9. The fourth-order valence-electron chi connectivity index (χ4n) is 9.42. The number of fused-ring (bicyclic) bond motifs is 7. The maximum Gasteiger partial charge on any atom is 0.113 e. The summed E-state index contributed by atoms with van der Waals surface area (Å²) in [6, 6.07) is 33.2. The third kappa shape index (κ3) is 6.27. The highest BCUT2D eigenvalue weighted by Crippen LogP contribution is 2.52. The van der Waals surface area contributed by atoms with Gasteiger partial charge in [-0.2, -0.15) is 8.75 Å². The van der Waals surface area contributed by atoms with E-state index in [1.54, 1.807) is 0 Å². The molecule has 0 fully saturated rings. The van der Waals surface area contributed by atoms with E-state index in [9.17, 15) is 0 Å². The minimum atomic E-state index is -0.0631. The molecule has 53 heavy (non-hydrogen) atoms. The van der Waals surface area contributed by atoms with E-state index < -0.39 is 0 Å². The van der Waals surface area contributed by atoms with Crippen LogP contribution in [0.2, 0.25) is 0 Å². The number of hydrogen-bond acceptors (Lipinski definition) is 3. The Bertz CT molecular complexity index is 2320. The molecule has 0 radical (unpaired) electrons. The summed E-state index contributed by atoms with van der Waals surface area (Å²) in [5, 5.41) is 0. The minimum Gasteiger partial charge on any atom is -0.172 e. The Morgan fingerprint density at radius 3 is 1.42 bits per heavy atom. The lowest BCUT2D eigenvalue weighted by Crippen LogP contribution is -2.15. The van der Waals surface area contributed by atoms with Crippen LogP contribution >= 0.6 is 11.7 Å². The second-order valence-corrected chi connectivity index (χ2v) is 18.1. The van der Waals surface area contributed by atoms with Crippen LogP contribution in [0, 0.1) is 11.8 Å². The third-order valence-electron chi connectivity index (χ3n) is 12.9. The van der Waals surface area contributed by atoms with E-state index >= 15 is 0 Å². The predicted octanol–water partition coefficient (Wildman–Crippen LogP) is 14.4. The standard InChI is InChI=1S/C50H56N2S/c1-9-11-12-32(10-2)15-16-34-18-22-40-42-24-20-36(30-46(42)50(7,8)44(40)28-34)38-26-25-37(47-48(38)52-53-51-47)35-19-23-41-39-21-17-33(14-13-31(3)4)27-43(39)49(5,6)45(41)29-35/h17-32H,9-16H2,1-8H3. The lowest BCUT2D eigenvalue weighted by molar-refractivity contribution is 0.422. The monoisotopic (exact) mass is 716 g/mol. The summed E-state index contributed by atoms with van der Waals surface area (Å²) >= 11 is 1.32. The van der Waals surface area contributed by atoms with Gasteiger partial charge >= 0.3 is 0 Å². The van der Waals surface area contributed by atoms with Crippen LogP contribution in [0.25, 0.3) is 55.5 Å². The van der Waals surface area contributed by atoms with E-state index in [-0.39, 0.29) is 10.8 Å². The molecular weight excluding hydrogens is 661 g/mol. The largest absolute Gasteiger partial charge is 0.172 e. The number of aryl methyl sites for hydroxylation is 2. The lowest BCUT2D eigenvalue weighted by atomic mass is 9.80. The molecule has 0 saturated carbocycles. The molecule has 2 aliphatic carbocycles. The average molecular weight is 717 g/mol. The quantitative estimate of drug-likeness (QED) is 0.126. The molecule has 2 nitrogen and oxygen atoms in total. The highest BCUT2D eigenvalue weighted by molar-refractivity contribution is 7.00. The number of benzene rings is 5. The number of unbranched alkanes of at least 4 members (excludes halogenated alkanes) is 1. The van der Waals surface area contributed by atoms with Crippen molar-refractivity contribution in [1.82, 2.24) is 8.75 Å². The summed E-state index contributed by atoms with van der Waals surface area (Å²) in [7, 11) is 0. The topological polar surface area (TPSA) is 25.8 Å². The molecule has 5 aromatic carbocycles. The molecule has 8 rings (SSSR count). The number of hydrogen-bond donors (Lipinski definition) is 0. The Labute approximate surface area is 322 Å². The Morgan fingerprint density at radius 2 is 0.962 bits per heavy atom. The van der Waals surface area contributed by atoms with Crippen molar-refractivity contribution in [1.29, 1.82) is 0 Å². The molecule has 1 aromatic heterocycles. The van der Waals surface area contributed by atoms with E-state index in [2.05, 4.69) is 140 Å². The molecule has 0 spiro atoms. The Kier molecular flexibility index (Phi) is 9.46. The fraction of sp³-hybridized carbons (Fsp3) is 0.400. The van der Waals surface area contributed by atoms with Crippen LogP contribution in [0.5, 0.6) is 0 Å². The van der Waals surface area contributed by atoms with Gasteiger partial charge in [-0.1, -0.05) is 154 Å². The van der Waals surface area contributed by atoms with Gasteiger partial charge in [-0.3, -0.25) is 0 Å². The average Bonchev–Trinajstić information content (AvgIpc) is 3.80. The SMILES string of the molecule is CCCCC(CC)CCc1ccc2c(c1)C(C)(C)c1cc(-c3ccc(-c4ccc5c(c4)C(C)(C)c4cc(CCC(C)C)ccc4-5)c4nsnc34)ccc1-2. The summed E-state index contributed by atoms with van der Waals surface area (Å²) in [6.07, 6.45) is 10.1. The van der Waals surface area contributed by atoms with E-state index in [1.807, 2.05) is 0 Å². The third-order valence-corrected chi connectivity index (χ3v) is 13.4. The summed E-state index contributed by atoms with van der Waals surface area (Å²) in [5.74, 6) is 1.54. The molecule has 1 heterocycles. The molecule has 3 heteroatoms. The molecule has 6 aromatic rings. The van der Waals surface area contributed by atoms with Crippen LogP contribution in [-0.4, -0.2) is 8.75 Å². The summed E-state index contributed by atoms with van der Waals surface area (Å²) in [5.41, 5.74) is 20.8. The highest BCUT2D eigenvalue weighted by atomic mass is 32.1. The normalized spacial score (nSPS) is 15.4. The van der Waals surface area contributed by atoms with Gasteiger partial charge in [0.25, 0.3) is 0 Å². The summed E-state index contributed by atoms with van der Waals surface area (Å²) < 4.78 is 9.85.